The number of Topliss-reactive ketones (excluding diaryl/α,β-unsaturated/α-hetero) is 1. The van der Waals surface area contributed by atoms with E-state index in [1.807, 2.05) is 24.3 Å². The minimum absolute atomic E-state index is 0.0558. The number of aliphatic hydroxyl groups excluding tert-OH is 1. The van der Waals surface area contributed by atoms with Crippen LogP contribution < -0.4 is 0 Å². The number of hydrogen-bond acceptors (Lipinski definition) is 5. The number of rotatable bonds is 6. The first-order valence-electron chi connectivity index (χ1n) is 10.0. The predicted molar refractivity (Wildman–Crippen MR) is 107 cm³/mol. The van der Waals surface area contributed by atoms with Gasteiger partial charge in [-0.15, -0.1) is 0 Å². The summed E-state index contributed by atoms with van der Waals surface area (Å²) >= 11 is 0. The second-order valence-electron chi connectivity index (χ2n) is 7.89. The molecule has 1 fully saturated rings. The van der Waals surface area contributed by atoms with Crippen LogP contribution in [-0.4, -0.2) is 41.0 Å². The van der Waals surface area contributed by atoms with E-state index in [-0.39, 0.29) is 17.4 Å². The van der Waals surface area contributed by atoms with Crippen molar-refractivity contribution >= 4 is 11.7 Å². The molecular formula is C23H25NO5. The second kappa shape index (κ2) is 7.87. The normalized spacial score (nSPS) is 22.2. The van der Waals surface area contributed by atoms with Crippen LogP contribution in [0.3, 0.4) is 0 Å². The molecule has 6 heteroatoms. The first-order chi connectivity index (χ1) is 14.0. The molecule has 152 valence electrons. The summed E-state index contributed by atoms with van der Waals surface area (Å²) in [6.07, 6.45) is 3.10. The molecule has 4 rings (SSSR count). The average Bonchev–Trinajstić information content (AvgIpc) is 3.46. The van der Waals surface area contributed by atoms with Crippen molar-refractivity contribution in [3.05, 3.63) is 70.9 Å². The lowest BCUT2D eigenvalue weighted by Gasteiger charge is -2.29. The van der Waals surface area contributed by atoms with Crippen molar-refractivity contribution in [2.24, 2.45) is 0 Å². The minimum atomic E-state index is -0.675. The monoisotopic (exact) mass is 395 g/mol. The summed E-state index contributed by atoms with van der Waals surface area (Å²) in [4.78, 5) is 27.5. The molecule has 6 nitrogen and oxygen atoms in total. The van der Waals surface area contributed by atoms with Crippen LogP contribution >= 0.6 is 0 Å². The van der Waals surface area contributed by atoms with E-state index in [1.54, 1.807) is 11.0 Å². The van der Waals surface area contributed by atoms with E-state index in [1.165, 1.54) is 12.3 Å². The summed E-state index contributed by atoms with van der Waals surface area (Å²) < 4.78 is 10.9. The maximum absolute atomic E-state index is 13.1. The van der Waals surface area contributed by atoms with Gasteiger partial charge in [0.15, 0.2) is 11.5 Å². The Balaban J connectivity index is 1.74. The summed E-state index contributed by atoms with van der Waals surface area (Å²) in [5, 5.41) is 10.6. The highest BCUT2D eigenvalue weighted by molar-refractivity contribution is 6.15. The van der Waals surface area contributed by atoms with Gasteiger partial charge in [-0.05, 0) is 42.0 Å². The SMILES string of the molecule is CC(C)c1ccc([C@H]2C(C(=O)c3ccco3)=C(O)C(=O)N2C[C@@H]2CCCO2)cc1. The summed E-state index contributed by atoms with van der Waals surface area (Å²) in [7, 11) is 0. The molecule has 0 bridgehead atoms. The number of carbonyl (C=O) groups is 2. The largest absolute Gasteiger partial charge is 0.503 e. The number of carbonyl (C=O) groups excluding carboxylic acids is 2. The van der Waals surface area contributed by atoms with Gasteiger partial charge in [0.05, 0.1) is 24.0 Å². The summed E-state index contributed by atoms with van der Waals surface area (Å²) in [5.74, 6) is -1.07. The number of ketones is 1. The highest BCUT2D eigenvalue weighted by atomic mass is 16.5. The van der Waals surface area contributed by atoms with Gasteiger partial charge in [-0.25, -0.2) is 0 Å². The van der Waals surface area contributed by atoms with Gasteiger partial charge in [0.25, 0.3) is 5.91 Å². The molecule has 2 aromatic rings. The van der Waals surface area contributed by atoms with E-state index in [0.717, 1.165) is 24.0 Å². The lowest BCUT2D eigenvalue weighted by Crippen LogP contribution is -2.37. The molecule has 2 atom stereocenters. The number of aliphatic hydroxyl groups is 1. The maximum Gasteiger partial charge on any atom is 0.290 e. The van der Waals surface area contributed by atoms with Gasteiger partial charge in [0.2, 0.25) is 5.78 Å². The third kappa shape index (κ3) is 3.60. The van der Waals surface area contributed by atoms with E-state index in [4.69, 9.17) is 9.15 Å². The van der Waals surface area contributed by atoms with Gasteiger partial charge >= 0.3 is 0 Å². The molecule has 2 aliphatic heterocycles. The molecule has 1 saturated heterocycles. The van der Waals surface area contributed by atoms with Crippen molar-refractivity contribution in [2.75, 3.05) is 13.2 Å². The van der Waals surface area contributed by atoms with Crippen molar-refractivity contribution in [3.63, 3.8) is 0 Å². The minimum Gasteiger partial charge on any atom is -0.503 e. The fraction of sp³-hybridized carbons (Fsp3) is 0.391. The highest BCUT2D eigenvalue weighted by Crippen LogP contribution is 2.40. The zero-order valence-corrected chi connectivity index (χ0v) is 16.6. The van der Waals surface area contributed by atoms with E-state index >= 15 is 0 Å². The molecule has 0 saturated carbocycles. The maximum atomic E-state index is 13.1. The predicted octanol–water partition coefficient (Wildman–Crippen LogP) is 4.16. The zero-order chi connectivity index (χ0) is 20.5. The Bertz CT molecular complexity index is 921. The molecule has 2 aliphatic rings. The van der Waals surface area contributed by atoms with Gasteiger partial charge in [-0.3, -0.25) is 9.59 Å². The molecule has 0 spiro atoms. The van der Waals surface area contributed by atoms with Gasteiger partial charge in [-0.2, -0.15) is 0 Å². The van der Waals surface area contributed by atoms with Gasteiger partial charge in [-0.1, -0.05) is 38.1 Å². The molecule has 1 aromatic heterocycles. The van der Waals surface area contributed by atoms with E-state index in [0.29, 0.717) is 19.1 Å². The van der Waals surface area contributed by atoms with Crippen molar-refractivity contribution in [1.82, 2.24) is 4.90 Å². The van der Waals surface area contributed by atoms with Crippen LogP contribution in [0.15, 0.2) is 58.4 Å². The fourth-order valence-corrected chi connectivity index (χ4v) is 4.03. The first-order valence-corrected chi connectivity index (χ1v) is 10.0. The molecule has 0 aliphatic carbocycles. The van der Waals surface area contributed by atoms with Crippen LogP contribution in [0.25, 0.3) is 0 Å². The molecule has 0 unspecified atom stereocenters. The van der Waals surface area contributed by atoms with E-state index in [2.05, 4.69) is 13.8 Å². The number of amides is 1. The van der Waals surface area contributed by atoms with Crippen LogP contribution in [-0.2, 0) is 9.53 Å². The molecular weight excluding hydrogens is 370 g/mol. The lowest BCUT2D eigenvalue weighted by molar-refractivity contribution is -0.131. The lowest BCUT2D eigenvalue weighted by atomic mass is 9.93. The third-order valence-electron chi connectivity index (χ3n) is 5.64. The molecule has 1 aromatic carbocycles. The average molecular weight is 395 g/mol. The smallest absolute Gasteiger partial charge is 0.290 e. The van der Waals surface area contributed by atoms with E-state index in [9.17, 15) is 14.7 Å². The standard InChI is InChI=1S/C23H25NO5/c1-14(2)15-7-9-16(10-8-15)20-19(21(25)18-6-4-12-29-18)22(26)23(27)24(20)13-17-5-3-11-28-17/h4,6-10,12,14,17,20,26H,3,5,11,13H2,1-2H3/t17-,20-/m0/s1. The van der Waals surface area contributed by atoms with Gasteiger partial charge in [0.1, 0.15) is 0 Å². The Morgan fingerprint density at radius 2 is 2.00 bits per heavy atom. The zero-order valence-electron chi connectivity index (χ0n) is 16.6. The van der Waals surface area contributed by atoms with Crippen LogP contribution in [0.5, 0.6) is 0 Å². The fourth-order valence-electron chi connectivity index (χ4n) is 4.03. The number of hydrogen-bond donors (Lipinski definition) is 1. The van der Waals surface area contributed by atoms with E-state index < -0.39 is 23.5 Å². The Morgan fingerprint density at radius 1 is 1.24 bits per heavy atom. The Labute approximate surface area is 169 Å². The molecule has 1 N–H and O–H groups in total. The molecule has 29 heavy (non-hydrogen) atoms. The number of benzene rings is 1. The third-order valence-corrected chi connectivity index (χ3v) is 5.64. The van der Waals surface area contributed by atoms with Gasteiger partial charge < -0.3 is 19.2 Å². The van der Waals surface area contributed by atoms with Gasteiger partial charge in [0, 0.05) is 13.2 Å². The second-order valence-corrected chi connectivity index (χ2v) is 7.89. The first kappa shape index (κ1) is 19.5. The summed E-state index contributed by atoms with van der Waals surface area (Å²) in [5.41, 5.74) is 2.00. The molecule has 0 radical (unpaired) electrons. The van der Waals surface area contributed by atoms with Crippen molar-refractivity contribution in [3.8, 4) is 0 Å². The topological polar surface area (TPSA) is 80.0 Å². The Kier molecular flexibility index (Phi) is 5.28. The number of nitrogens with zero attached hydrogens (tertiary/aromatic N) is 1. The van der Waals surface area contributed by atoms with Crippen molar-refractivity contribution < 1.29 is 23.8 Å². The van der Waals surface area contributed by atoms with Crippen LogP contribution in [0.4, 0.5) is 0 Å². The van der Waals surface area contributed by atoms with Crippen LogP contribution in [0.2, 0.25) is 0 Å². The quantitative estimate of drug-likeness (QED) is 0.743. The summed E-state index contributed by atoms with van der Waals surface area (Å²) in [6, 6.07) is 10.3. The molecule has 1 amide bonds. The van der Waals surface area contributed by atoms with Crippen molar-refractivity contribution in [2.45, 2.75) is 44.8 Å². The van der Waals surface area contributed by atoms with Crippen LogP contribution in [0.1, 0.15) is 60.3 Å². The summed E-state index contributed by atoms with van der Waals surface area (Å²) in [6.45, 7) is 5.21. The van der Waals surface area contributed by atoms with Crippen LogP contribution in [0, 0.1) is 0 Å². The van der Waals surface area contributed by atoms with Crippen molar-refractivity contribution in [1.29, 1.82) is 0 Å². The number of ether oxygens (including phenoxy) is 1. The number of furan rings is 1. The Hall–Kier alpha value is -2.86. The molecule has 3 heterocycles. The Morgan fingerprint density at radius 3 is 2.59 bits per heavy atom. The highest BCUT2D eigenvalue weighted by Gasteiger charge is 2.45.